The molecule has 0 N–H and O–H groups in total. The first-order valence-corrected chi connectivity index (χ1v) is 9.99. The summed E-state index contributed by atoms with van der Waals surface area (Å²) in [6.07, 6.45) is 7.77. The Hall–Kier alpha value is -1.22. The fraction of sp³-hybridized carbons (Fsp3) is 0.571. The molecule has 0 saturated heterocycles. The zero-order valence-electron chi connectivity index (χ0n) is 15.6. The van der Waals surface area contributed by atoms with Gasteiger partial charge in [-0.2, -0.15) is 0 Å². The predicted molar refractivity (Wildman–Crippen MR) is 104 cm³/mol. The number of rotatable bonds is 11. The van der Waals surface area contributed by atoms with E-state index in [9.17, 15) is 4.79 Å². The van der Waals surface area contributed by atoms with E-state index < -0.39 is 5.41 Å². The zero-order chi connectivity index (χ0) is 17.8. The van der Waals surface area contributed by atoms with E-state index in [4.69, 9.17) is 4.74 Å². The van der Waals surface area contributed by atoms with E-state index in [-0.39, 0.29) is 5.97 Å². The number of carbonyl (C=O) groups is 1. The summed E-state index contributed by atoms with van der Waals surface area (Å²) in [5, 5.41) is 0. The largest absolute Gasteiger partial charge is 0.465 e. The molecular weight excluding hydrogens is 316 g/mol. The lowest BCUT2D eigenvalue weighted by Crippen LogP contribution is -2.31. The molecule has 0 saturated carbocycles. The fourth-order valence-electron chi connectivity index (χ4n) is 2.97. The number of thioether (sulfide) groups is 1. The van der Waals surface area contributed by atoms with E-state index in [0.717, 1.165) is 43.4 Å². The zero-order valence-corrected chi connectivity index (χ0v) is 16.5. The van der Waals surface area contributed by atoms with Crippen molar-refractivity contribution in [3.05, 3.63) is 41.3 Å². The van der Waals surface area contributed by atoms with Crippen molar-refractivity contribution >= 4 is 17.7 Å². The Kier molecular flexibility index (Phi) is 9.85. The third-order valence-electron chi connectivity index (χ3n) is 4.03. The first kappa shape index (κ1) is 20.8. The van der Waals surface area contributed by atoms with Gasteiger partial charge in [0.05, 0.1) is 12.0 Å². The number of hydrogen-bond donors (Lipinski definition) is 0. The molecule has 134 valence electrons. The van der Waals surface area contributed by atoms with Gasteiger partial charge in [0, 0.05) is 4.90 Å². The summed E-state index contributed by atoms with van der Waals surface area (Å²) < 4.78 is 5.61. The Labute approximate surface area is 152 Å². The van der Waals surface area contributed by atoms with Gasteiger partial charge in [0.2, 0.25) is 0 Å². The molecular formula is C21H32O2S. The highest BCUT2D eigenvalue weighted by Gasteiger charge is 2.36. The lowest BCUT2D eigenvalue weighted by molar-refractivity contribution is -0.154. The van der Waals surface area contributed by atoms with Crippen LogP contribution < -0.4 is 0 Å². The van der Waals surface area contributed by atoms with Crippen LogP contribution in [0.2, 0.25) is 0 Å². The molecule has 0 radical (unpaired) electrons. The minimum Gasteiger partial charge on any atom is -0.465 e. The molecule has 1 aromatic rings. The average molecular weight is 349 g/mol. The smallest absolute Gasteiger partial charge is 0.315 e. The lowest BCUT2D eigenvalue weighted by atomic mass is 9.79. The summed E-state index contributed by atoms with van der Waals surface area (Å²) in [6.45, 7) is 9.01. The maximum atomic E-state index is 12.8. The standard InChI is InChI=1S/C21H32O2S/c1-5-8-16-23-20(22)21(14-6-2,15-7-3)17-18(4)24-19-12-10-9-11-13-19/h9-13,17H,5-8,14-16H2,1-4H3. The van der Waals surface area contributed by atoms with E-state index >= 15 is 0 Å². The van der Waals surface area contributed by atoms with Crippen LogP contribution in [0.3, 0.4) is 0 Å². The van der Waals surface area contributed by atoms with Crippen LogP contribution in [0.1, 0.15) is 66.2 Å². The molecule has 2 nitrogen and oxygen atoms in total. The maximum absolute atomic E-state index is 12.8. The SMILES string of the molecule is CCCCOC(=O)C(C=C(C)Sc1ccccc1)(CCC)CCC. The van der Waals surface area contributed by atoms with Gasteiger partial charge in [0.25, 0.3) is 0 Å². The van der Waals surface area contributed by atoms with Crippen LogP contribution in [0.5, 0.6) is 0 Å². The second kappa shape index (κ2) is 11.4. The van der Waals surface area contributed by atoms with Crippen molar-refractivity contribution < 1.29 is 9.53 Å². The molecule has 0 atom stereocenters. The van der Waals surface area contributed by atoms with Crippen molar-refractivity contribution in [1.82, 2.24) is 0 Å². The number of allylic oxidation sites excluding steroid dienone is 1. The van der Waals surface area contributed by atoms with Gasteiger partial charge in [0.15, 0.2) is 0 Å². The van der Waals surface area contributed by atoms with E-state index in [0.29, 0.717) is 6.61 Å². The quantitative estimate of drug-likeness (QED) is 0.255. The highest BCUT2D eigenvalue weighted by Crippen LogP contribution is 2.38. The van der Waals surface area contributed by atoms with Crippen LogP contribution in [-0.4, -0.2) is 12.6 Å². The summed E-state index contributed by atoms with van der Waals surface area (Å²) in [5.74, 6) is -0.0485. The van der Waals surface area contributed by atoms with Gasteiger partial charge < -0.3 is 4.74 Å². The number of hydrogen-bond acceptors (Lipinski definition) is 3. The highest BCUT2D eigenvalue weighted by atomic mass is 32.2. The van der Waals surface area contributed by atoms with E-state index in [1.165, 1.54) is 4.90 Å². The minimum atomic E-state index is -0.483. The van der Waals surface area contributed by atoms with E-state index in [1.807, 2.05) is 18.2 Å². The summed E-state index contributed by atoms with van der Waals surface area (Å²) in [6, 6.07) is 10.3. The third kappa shape index (κ3) is 6.72. The van der Waals surface area contributed by atoms with E-state index in [1.54, 1.807) is 11.8 Å². The van der Waals surface area contributed by atoms with Gasteiger partial charge in [-0.3, -0.25) is 4.79 Å². The molecule has 1 aromatic carbocycles. The molecule has 0 heterocycles. The van der Waals surface area contributed by atoms with Gasteiger partial charge in [-0.25, -0.2) is 0 Å². The van der Waals surface area contributed by atoms with Gasteiger partial charge in [-0.1, -0.05) is 76.1 Å². The van der Waals surface area contributed by atoms with Gasteiger partial charge in [-0.15, -0.1) is 0 Å². The topological polar surface area (TPSA) is 26.3 Å². The van der Waals surface area contributed by atoms with Crippen molar-refractivity contribution in [2.75, 3.05) is 6.61 Å². The molecule has 0 aromatic heterocycles. The molecule has 0 aliphatic carbocycles. The summed E-state index contributed by atoms with van der Waals surface area (Å²) in [7, 11) is 0. The minimum absolute atomic E-state index is 0.0485. The number of benzene rings is 1. The molecule has 0 aliphatic heterocycles. The van der Waals surface area contributed by atoms with Gasteiger partial charge in [0.1, 0.15) is 0 Å². The third-order valence-corrected chi connectivity index (χ3v) is 4.98. The molecule has 0 aliphatic rings. The number of carbonyl (C=O) groups excluding carboxylic acids is 1. The Morgan fingerprint density at radius 1 is 1.08 bits per heavy atom. The van der Waals surface area contributed by atoms with E-state index in [2.05, 4.69) is 45.9 Å². The average Bonchev–Trinajstić information content (AvgIpc) is 2.56. The molecule has 0 spiro atoms. The molecule has 1 rings (SSSR count). The lowest BCUT2D eigenvalue weighted by Gasteiger charge is -2.29. The Morgan fingerprint density at radius 2 is 1.71 bits per heavy atom. The molecule has 3 heteroatoms. The normalized spacial score (nSPS) is 12.2. The van der Waals surface area contributed by atoms with Crippen molar-refractivity contribution in [1.29, 1.82) is 0 Å². The van der Waals surface area contributed by atoms with Crippen molar-refractivity contribution in [3.8, 4) is 0 Å². The van der Waals surface area contributed by atoms with Gasteiger partial charge >= 0.3 is 5.97 Å². The first-order chi connectivity index (χ1) is 11.6. The number of esters is 1. The van der Waals surface area contributed by atoms with Crippen LogP contribution in [-0.2, 0) is 9.53 Å². The van der Waals surface area contributed by atoms with Crippen LogP contribution in [0, 0.1) is 5.41 Å². The Bertz CT molecular complexity index is 502. The first-order valence-electron chi connectivity index (χ1n) is 9.17. The summed E-state index contributed by atoms with van der Waals surface area (Å²) >= 11 is 1.72. The highest BCUT2D eigenvalue weighted by molar-refractivity contribution is 8.03. The summed E-state index contributed by atoms with van der Waals surface area (Å²) in [5.41, 5.74) is -0.483. The van der Waals surface area contributed by atoms with Gasteiger partial charge in [-0.05, 0) is 43.2 Å². The predicted octanol–water partition coefficient (Wildman–Crippen LogP) is 6.61. The monoisotopic (exact) mass is 348 g/mol. The number of ether oxygens (including phenoxy) is 1. The number of unbranched alkanes of at least 4 members (excludes halogenated alkanes) is 1. The van der Waals surface area contributed by atoms with Crippen molar-refractivity contribution in [2.45, 2.75) is 71.1 Å². The molecule has 0 amide bonds. The molecule has 0 fully saturated rings. The molecule has 24 heavy (non-hydrogen) atoms. The Morgan fingerprint density at radius 3 is 2.25 bits per heavy atom. The molecule has 0 bridgehead atoms. The van der Waals surface area contributed by atoms with Crippen LogP contribution in [0.4, 0.5) is 0 Å². The van der Waals surface area contributed by atoms with Crippen molar-refractivity contribution in [2.24, 2.45) is 5.41 Å². The van der Waals surface area contributed by atoms with Crippen molar-refractivity contribution in [3.63, 3.8) is 0 Å². The maximum Gasteiger partial charge on any atom is 0.315 e. The molecule has 0 unspecified atom stereocenters. The fourth-order valence-corrected chi connectivity index (χ4v) is 3.92. The Balaban J connectivity index is 2.97. The second-order valence-electron chi connectivity index (χ2n) is 6.32. The second-order valence-corrected chi connectivity index (χ2v) is 7.64. The summed E-state index contributed by atoms with van der Waals surface area (Å²) in [4.78, 5) is 15.2. The van der Waals surface area contributed by atoms with Crippen LogP contribution in [0.25, 0.3) is 0 Å². The van der Waals surface area contributed by atoms with Crippen LogP contribution in [0.15, 0.2) is 46.2 Å². The van der Waals surface area contributed by atoms with Crippen LogP contribution >= 0.6 is 11.8 Å².